The van der Waals surface area contributed by atoms with Crippen LogP contribution in [0, 0.1) is 11.3 Å². The molecule has 0 atom stereocenters. The number of hydrogen-bond donors (Lipinski definition) is 0. The summed E-state index contributed by atoms with van der Waals surface area (Å²) < 4.78 is 16.6. The minimum Gasteiger partial charge on any atom is -0.490 e. The maximum Gasteiger partial charge on any atom is 0.293 e. The van der Waals surface area contributed by atoms with Gasteiger partial charge in [0.2, 0.25) is 0 Å². The summed E-state index contributed by atoms with van der Waals surface area (Å²) in [6.45, 7) is 3.03. The zero-order valence-electron chi connectivity index (χ0n) is 17.3. The predicted octanol–water partition coefficient (Wildman–Crippen LogP) is 4.22. The molecule has 0 aliphatic carbocycles. The third kappa shape index (κ3) is 5.45. The van der Waals surface area contributed by atoms with E-state index in [-0.39, 0.29) is 24.3 Å². The smallest absolute Gasteiger partial charge is 0.293 e. The van der Waals surface area contributed by atoms with E-state index in [4.69, 9.17) is 14.2 Å². The first kappa shape index (κ1) is 22.4. The molecule has 0 radical (unpaired) electrons. The second-order valence-electron chi connectivity index (χ2n) is 6.52. The molecule has 1 fully saturated rings. The molecule has 160 valence electrons. The number of thioether (sulfide) groups is 1. The van der Waals surface area contributed by atoms with Crippen LogP contribution in [0.2, 0.25) is 0 Å². The largest absolute Gasteiger partial charge is 0.490 e. The summed E-state index contributed by atoms with van der Waals surface area (Å²) >= 11 is 0.902. The van der Waals surface area contributed by atoms with Gasteiger partial charge in [-0.3, -0.25) is 14.5 Å². The lowest BCUT2D eigenvalue weighted by Gasteiger charge is -2.13. The molecule has 1 saturated heterocycles. The van der Waals surface area contributed by atoms with Crippen molar-refractivity contribution in [2.75, 3.05) is 26.9 Å². The van der Waals surface area contributed by atoms with E-state index in [1.54, 1.807) is 36.4 Å². The highest BCUT2D eigenvalue weighted by molar-refractivity contribution is 8.18. The Bertz CT molecular complexity index is 1040. The van der Waals surface area contributed by atoms with E-state index in [0.29, 0.717) is 40.7 Å². The fraction of sp³-hybridized carbons (Fsp3) is 0.261. The maximum atomic E-state index is 12.5. The number of imide groups is 1. The van der Waals surface area contributed by atoms with Crippen LogP contribution in [0.25, 0.3) is 6.08 Å². The van der Waals surface area contributed by atoms with Crippen molar-refractivity contribution in [3.8, 4) is 17.6 Å². The van der Waals surface area contributed by atoms with E-state index in [2.05, 4.69) is 6.07 Å². The van der Waals surface area contributed by atoms with Crippen LogP contribution >= 0.6 is 11.8 Å². The minimum absolute atomic E-state index is 0.222. The van der Waals surface area contributed by atoms with Crippen LogP contribution in [0.15, 0.2) is 47.4 Å². The van der Waals surface area contributed by atoms with Crippen LogP contribution in [-0.2, 0) is 16.1 Å². The molecule has 8 heteroatoms. The average Bonchev–Trinajstić information content (AvgIpc) is 3.04. The van der Waals surface area contributed by atoms with Gasteiger partial charge in [-0.15, -0.1) is 0 Å². The molecule has 0 saturated carbocycles. The first-order valence-electron chi connectivity index (χ1n) is 9.69. The highest BCUT2D eigenvalue weighted by Crippen LogP contribution is 2.35. The van der Waals surface area contributed by atoms with Crippen LogP contribution in [0.1, 0.15) is 23.6 Å². The van der Waals surface area contributed by atoms with Crippen molar-refractivity contribution in [1.82, 2.24) is 4.90 Å². The molecule has 0 unspecified atom stereocenters. The van der Waals surface area contributed by atoms with Gasteiger partial charge in [-0.25, -0.2) is 0 Å². The molecule has 1 heterocycles. The standard InChI is InChI=1S/C23H22N2O5S/c1-3-29-20-12-16(13-21-22(26)25(10-11-28-2)23(27)31-21)8-9-19(20)30-15-18-7-5-4-6-17(18)14-24/h4-9,12-13H,3,10-11,15H2,1-2H3/b21-13+. The van der Waals surface area contributed by atoms with Crippen molar-refractivity contribution in [3.63, 3.8) is 0 Å². The van der Waals surface area contributed by atoms with Crippen molar-refractivity contribution in [2.24, 2.45) is 0 Å². The molecule has 3 rings (SSSR count). The zero-order chi connectivity index (χ0) is 22.2. The highest BCUT2D eigenvalue weighted by Gasteiger charge is 2.34. The number of hydrogen-bond acceptors (Lipinski definition) is 7. The Balaban J connectivity index is 1.79. The predicted molar refractivity (Wildman–Crippen MR) is 118 cm³/mol. The Morgan fingerprint density at radius 2 is 1.94 bits per heavy atom. The minimum atomic E-state index is -0.335. The van der Waals surface area contributed by atoms with Crippen LogP contribution in [0.3, 0.4) is 0 Å². The molecule has 2 amide bonds. The molecule has 2 aromatic carbocycles. The summed E-state index contributed by atoms with van der Waals surface area (Å²) in [6.07, 6.45) is 1.66. The van der Waals surface area contributed by atoms with Crippen molar-refractivity contribution < 1.29 is 23.8 Å². The van der Waals surface area contributed by atoms with E-state index >= 15 is 0 Å². The Morgan fingerprint density at radius 3 is 2.68 bits per heavy atom. The molecule has 0 bridgehead atoms. The van der Waals surface area contributed by atoms with Gasteiger partial charge in [0, 0.05) is 12.7 Å². The lowest BCUT2D eigenvalue weighted by molar-refractivity contribution is -0.123. The summed E-state index contributed by atoms with van der Waals surface area (Å²) in [5.41, 5.74) is 2.05. The van der Waals surface area contributed by atoms with Gasteiger partial charge in [0.25, 0.3) is 11.1 Å². The van der Waals surface area contributed by atoms with E-state index in [9.17, 15) is 14.9 Å². The summed E-state index contributed by atoms with van der Waals surface area (Å²) in [5, 5.41) is 8.92. The first-order chi connectivity index (χ1) is 15.1. The highest BCUT2D eigenvalue weighted by atomic mass is 32.2. The Labute approximate surface area is 185 Å². The van der Waals surface area contributed by atoms with Gasteiger partial charge in [0.05, 0.1) is 36.3 Å². The Hall–Kier alpha value is -3.28. The van der Waals surface area contributed by atoms with Crippen LogP contribution in [0.5, 0.6) is 11.5 Å². The van der Waals surface area contributed by atoms with E-state index in [1.807, 2.05) is 19.1 Å². The third-order valence-electron chi connectivity index (χ3n) is 4.48. The first-order valence-corrected chi connectivity index (χ1v) is 10.5. The SMILES string of the molecule is CCOc1cc(/C=C2/SC(=O)N(CCOC)C2=O)ccc1OCc1ccccc1C#N. The molecule has 0 N–H and O–H groups in total. The van der Waals surface area contributed by atoms with E-state index in [0.717, 1.165) is 17.3 Å². The fourth-order valence-corrected chi connectivity index (χ4v) is 3.80. The monoisotopic (exact) mass is 438 g/mol. The second-order valence-corrected chi connectivity index (χ2v) is 7.52. The lowest BCUT2D eigenvalue weighted by atomic mass is 10.1. The summed E-state index contributed by atoms with van der Waals surface area (Å²) in [4.78, 5) is 26.1. The molecule has 7 nitrogen and oxygen atoms in total. The molecule has 2 aromatic rings. The van der Waals surface area contributed by atoms with Gasteiger partial charge < -0.3 is 14.2 Å². The van der Waals surface area contributed by atoms with Crippen molar-refractivity contribution in [1.29, 1.82) is 5.26 Å². The number of nitriles is 1. The molecular formula is C23H22N2O5S. The number of nitrogens with zero attached hydrogens (tertiary/aromatic N) is 2. The molecule has 0 spiro atoms. The van der Waals surface area contributed by atoms with Crippen LogP contribution in [0.4, 0.5) is 4.79 Å². The zero-order valence-corrected chi connectivity index (χ0v) is 18.1. The molecule has 1 aliphatic rings. The fourth-order valence-electron chi connectivity index (χ4n) is 2.94. The van der Waals surface area contributed by atoms with Crippen molar-refractivity contribution >= 4 is 29.0 Å². The van der Waals surface area contributed by atoms with E-state index < -0.39 is 0 Å². The number of amides is 2. The number of methoxy groups -OCH3 is 1. The lowest BCUT2D eigenvalue weighted by Crippen LogP contribution is -2.31. The number of rotatable bonds is 9. The topological polar surface area (TPSA) is 88.9 Å². The molecule has 31 heavy (non-hydrogen) atoms. The Kier molecular flexibility index (Phi) is 7.70. The number of ether oxygens (including phenoxy) is 3. The van der Waals surface area contributed by atoms with Gasteiger partial charge in [-0.05, 0) is 48.5 Å². The van der Waals surface area contributed by atoms with Crippen LogP contribution in [-0.4, -0.2) is 42.9 Å². The molecular weight excluding hydrogens is 416 g/mol. The van der Waals surface area contributed by atoms with Gasteiger partial charge in [0.1, 0.15) is 6.61 Å². The second kappa shape index (κ2) is 10.7. The molecule has 1 aliphatic heterocycles. The van der Waals surface area contributed by atoms with Crippen molar-refractivity contribution in [2.45, 2.75) is 13.5 Å². The summed E-state index contributed by atoms with van der Waals surface area (Å²) in [6, 6.07) is 14.7. The van der Waals surface area contributed by atoms with Gasteiger partial charge in [-0.2, -0.15) is 5.26 Å². The Morgan fingerprint density at radius 1 is 1.13 bits per heavy atom. The van der Waals surface area contributed by atoms with Gasteiger partial charge in [0.15, 0.2) is 11.5 Å². The third-order valence-corrected chi connectivity index (χ3v) is 5.39. The number of carbonyl (C=O) groups excluding carboxylic acids is 2. The quantitative estimate of drug-likeness (QED) is 0.542. The average molecular weight is 439 g/mol. The van der Waals surface area contributed by atoms with Crippen molar-refractivity contribution in [3.05, 3.63) is 64.1 Å². The van der Waals surface area contributed by atoms with Gasteiger partial charge in [-0.1, -0.05) is 24.3 Å². The van der Waals surface area contributed by atoms with E-state index in [1.165, 1.54) is 12.0 Å². The van der Waals surface area contributed by atoms with Crippen LogP contribution < -0.4 is 9.47 Å². The number of carbonyl (C=O) groups is 2. The number of benzene rings is 2. The van der Waals surface area contributed by atoms with Gasteiger partial charge >= 0.3 is 0 Å². The summed E-state index contributed by atoms with van der Waals surface area (Å²) in [5.74, 6) is 0.711. The summed E-state index contributed by atoms with van der Waals surface area (Å²) in [7, 11) is 1.52. The molecule has 0 aromatic heterocycles. The maximum absolute atomic E-state index is 12.5. The normalized spacial score (nSPS) is 14.7.